The van der Waals surface area contributed by atoms with Gasteiger partial charge in [-0.05, 0) is 25.5 Å². The van der Waals surface area contributed by atoms with Crippen molar-refractivity contribution in [3.05, 3.63) is 41.3 Å². The average Bonchev–Trinajstić information content (AvgIpc) is 3.10. The molecule has 1 aromatic carbocycles. The molecule has 0 spiro atoms. The quantitative estimate of drug-likeness (QED) is 0.425. The number of benzene rings is 1. The number of hydrogen-bond acceptors (Lipinski definition) is 7. The zero-order chi connectivity index (χ0) is 24.9. The molecule has 0 amide bonds. The highest BCUT2D eigenvalue weighted by atomic mass is 19.4. The molecule has 0 aliphatic heterocycles. The van der Waals surface area contributed by atoms with Crippen molar-refractivity contribution in [3.63, 3.8) is 0 Å². The van der Waals surface area contributed by atoms with E-state index in [9.17, 15) is 40.6 Å². The first kappa shape index (κ1) is 24.2. The molecule has 0 fully saturated rings. The molecular weight excluding hydrogens is 467 g/mol. The summed E-state index contributed by atoms with van der Waals surface area (Å²) in [5.74, 6) is -8.10. The molecule has 178 valence electrons. The summed E-state index contributed by atoms with van der Waals surface area (Å²) in [5, 5.41) is 13.6. The lowest BCUT2D eigenvalue weighted by Gasteiger charge is -2.29. The predicted molar refractivity (Wildman–Crippen MR) is 97.1 cm³/mol. The zero-order valence-electron chi connectivity index (χ0n) is 16.7. The Morgan fingerprint density at radius 3 is 2.39 bits per heavy atom. The lowest BCUT2D eigenvalue weighted by atomic mass is 9.96. The number of hydrogen-bond donors (Lipinski definition) is 2. The van der Waals surface area contributed by atoms with Crippen LogP contribution in [-0.2, 0) is 15.5 Å². The molecule has 33 heavy (non-hydrogen) atoms. The van der Waals surface area contributed by atoms with Crippen molar-refractivity contribution < 1.29 is 45.4 Å². The Kier molecular flexibility index (Phi) is 5.73. The van der Waals surface area contributed by atoms with Gasteiger partial charge in [0.1, 0.15) is 5.82 Å². The van der Waals surface area contributed by atoms with E-state index < -0.39 is 35.8 Å². The maximum absolute atomic E-state index is 14.7. The van der Waals surface area contributed by atoms with Gasteiger partial charge in [0.2, 0.25) is 6.10 Å². The fourth-order valence-electron chi connectivity index (χ4n) is 2.91. The van der Waals surface area contributed by atoms with Crippen molar-refractivity contribution in [2.45, 2.75) is 38.2 Å². The van der Waals surface area contributed by atoms with E-state index in [4.69, 9.17) is 5.73 Å². The van der Waals surface area contributed by atoms with Crippen molar-refractivity contribution in [3.8, 4) is 11.3 Å². The monoisotopic (exact) mass is 481 g/mol. The topological polar surface area (TPSA) is 116 Å². The largest absolute Gasteiger partial charge is 0.491 e. The first-order valence-electron chi connectivity index (χ1n) is 8.89. The van der Waals surface area contributed by atoms with Crippen LogP contribution in [0.15, 0.2) is 24.4 Å². The molecule has 1 unspecified atom stereocenters. The number of rotatable bonds is 5. The maximum Gasteiger partial charge on any atom is 0.491 e. The van der Waals surface area contributed by atoms with Gasteiger partial charge in [-0.3, -0.25) is 0 Å². The minimum atomic E-state index is -5.89. The number of anilines is 1. The summed E-state index contributed by atoms with van der Waals surface area (Å²) < 4.78 is 97.6. The predicted octanol–water partition coefficient (Wildman–Crippen LogP) is 3.14. The molecule has 3 N–H and O–H groups in total. The summed E-state index contributed by atoms with van der Waals surface area (Å²) in [6.07, 6.45) is -14.4. The molecular formula is C18H14F7N5O3. The molecule has 8 nitrogen and oxygen atoms in total. The minimum Gasteiger partial charge on any atom is -0.392 e. The number of carbonyl (C=O) groups excluding carboxylic acids is 1. The van der Waals surface area contributed by atoms with E-state index in [0.29, 0.717) is 11.6 Å². The van der Waals surface area contributed by atoms with Gasteiger partial charge >= 0.3 is 24.2 Å². The number of alkyl halides is 7. The number of carbonyl (C=O) groups is 1. The Hall–Kier alpha value is -3.49. The number of nitrogen functional groups attached to an aromatic ring is 1. The van der Waals surface area contributed by atoms with Gasteiger partial charge in [-0.1, -0.05) is 12.1 Å². The average molecular weight is 481 g/mol. The van der Waals surface area contributed by atoms with Crippen LogP contribution in [0.4, 0.5) is 36.6 Å². The molecule has 2 aromatic heterocycles. The summed E-state index contributed by atoms with van der Waals surface area (Å²) in [6, 6.07) is 2.50. The molecule has 0 bridgehead atoms. The molecule has 0 aliphatic carbocycles. The highest BCUT2D eigenvalue weighted by Crippen LogP contribution is 2.42. The molecule has 3 rings (SSSR count). The van der Waals surface area contributed by atoms with Crippen molar-refractivity contribution in [2.24, 2.45) is 0 Å². The van der Waals surface area contributed by atoms with Gasteiger partial charge in [-0.25, -0.2) is 19.3 Å². The van der Waals surface area contributed by atoms with Crippen LogP contribution in [0.2, 0.25) is 0 Å². The van der Waals surface area contributed by atoms with E-state index >= 15 is 0 Å². The van der Waals surface area contributed by atoms with Crippen LogP contribution >= 0.6 is 0 Å². The Labute approximate surface area is 179 Å². The summed E-state index contributed by atoms with van der Waals surface area (Å²) in [6.45, 7) is 2.99. The van der Waals surface area contributed by atoms with Crippen molar-refractivity contribution in [1.82, 2.24) is 19.6 Å². The Balaban J connectivity index is 2.04. The number of fused-ring (bicyclic) bond motifs is 1. The van der Waals surface area contributed by atoms with Crippen LogP contribution in [0.3, 0.4) is 0 Å². The third-order valence-electron chi connectivity index (χ3n) is 4.51. The lowest BCUT2D eigenvalue weighted by molar-refractivity contribution is -0.329. The molecule has 1 atom stereocenters. The number of aromatic nitrogens is 4. The summed E-state index contributed by atoms with van der Waals surface area (Å²) in [4.78, 5) is 18.6. The van der Waals surface area contributed by atoms with Crippen LogP contribution in [0, 0.1) is 13.8 Å². The van der Waals surface area contributed by atoms with E-state index in [1.165, 1.54) is 24.6 Å². The number of ether oxygens (including phenoxy) is 1. The highest BCUT2D eigenvalue weighted by molar-refractivity contribution is 5.76. The molecule has 15 heteroatoms. The fraction of sp³-hybridized carbons (Fsp3) is 0.333. The van der Waals surface area contributed by atoms with Crippen LogP contribution in [0.5, 0.6) is 0 Å². The van der Waals surface area contributed by atoms with Crippen molar-refractivity contribution in [2.75, 3.05) is 5.73 Å². The maximum atomic E-state index is 14.7. The second-order valence-corrected chi connectivity index (χ2v) is 6.93. The van der Waals surface area contributed by atoms with Crippen LogP contribution in [0.25, 0.3) is 16.9 Å². The number of imidazole rings is 1. The van der Waals surface area contributed by atoms with E-state index in [-0.39, 0.29) is 28.5 Å². The van der Waals surface area contributed by atoms with E-state index in [1.54, 1.807) is 0 Å². The first-order valence-corrected chi connectivity index (χ1v) is 8.89. The Morgan fingerprint density at radius 2 is 1.79 bits per heavy atom. The molecule has 3 aromatic rings. The second-order valence-electron chi connectivity index (χ2n) is 6.93. The second kappa shape index (κ2) is 7.83. The zero-order valence-corrected chi connectivity index (χ0v) is 16.7. The number of halogens is 7. The van der Waals surface area contributed by atoms with Crippen molar-refractivity contribution >= 4 is 17.4 Å². The molecule has 0 aliphatic rings. The number of esters is 1. The summed E-state index contributed by atoms with van der Waals surface area (Å²) >= 11 is 0. The van der Waals surface area contributed by atoms with Crippen molar-refractivity contribution in [1.29, 1.82) is 0 Å². The third-order valence-corrected chi connectivity index (χ3v) is 4.51. The van der Waals surface area contributed by atoms with Gasteiger partial charge in [0.15, 0.2) is 11.5 Å². The van der Waals surface area contributed by atoms with E-state index in [1.807, 2.05) is 0 Å². The number of aliphatic hydroxyl groups excluding tert-OH is 1. The lowest BCUT2D eigenvalue weighted by Crippen LogP contribution is -2.49. The van der Waals surface area contributed by atoms with E-state index in [0.717, 1.165) is 12.1 Å². The van der Waals surface area contributed by atoms with Gasteiger partial charge in [0.05, 0.1) is 11.9 Å². The van der Waals surface area contributed by atoms with Gasteiger partial charge in [0, 0.05) is 11.1 Å². The highest BCUT2D eigenvalue weighted by Gasteiger charge is 2.60. The van der Waals surface area contributed by atoms with Crippen LogP contribution < -0.4 is 5.73 Å². The number of nitrogens with zero attached hydrogens (tertiary/aromatic N) is 4. The number of aryl methyl sites for hydroxylation is 2. The van der Waals surface area contributed by atoms with Crippen LogP contribution in [0.1, 0.15) is 17.0 Å². The standard InChI is InChI=1S/C18H14F7N5O3/c1-7-3-4-9(16(19,20)14(31)18(24,25)33-15(32)17(21,22)23)5-10(7)11-6-27-13-12(26)28-8(2)29-30(11)13/h3-6,14,31H,1-2H3,(H2,26,28,29). The van der Waals surface area contributed by atoms with Crippen LogP contribution in [-0.4, -0.2) is 49.0 Å². The van der Waals surface area contributed by atoms with E-state index in [2.05, 4.69) is 19.8 Å². The number of aliphatic hydroxyl groups is 1. The Morgan fingerprint density at radius 1 is 1.15 bits per heavy atom. The normalized spacial score (nSPS) is 13.9. The minimum absolute atomic E-state index is 0.0139. The number of nitrogens with two attached hydrogens (primary N) is 1. The Bertz CT molecular complexity index is 1230. The van der Waals surface area contributed by atoms with Gasteiger partial charge < -0.3 is 15.6 Å². The van der Waals surface area contributed by atoms with Gasteiger partial charge in [-0.15, -0.1) is 0 Å². The smallest absolute Gasteiger partial charge is 0.392 e. The SMILES string of the molecule is Cc1nc(N)c2ncc(-c3cc(C(F)(F)C(O)C(F)(F)OC(=O)C(F)(F)F)ccc3C)n2n1. The van der Waals surface area contributed by atoms with Gasteiger partial charge in [0.25, 0.3) is 0 Å². The first-order chi connectivity index (χ1) is 15.1. The summed E-state index contributed by atoms with van der Waals surface area (Å²) in [7, 11) is 0. The van der Waals surface area contributed by atoms with Gasteiger partial charge in [-0.2, -0.15) is 35.8 Å². The third kappa shape index (κ3) is 4.40. The fourth-order valence-corrected chi connectivity index (χ4v) is 2.91. The summed E-state index contributed by atoms with van der Waals surface area (Å²) in [5.41, 5.74) is 5.11. The molecule has 0 saturated carbocycles. The molecule has 0 radical (unpaired) electrons. The molecule has 0 saturated heterocycles. The molecule has 2 heterocycles.